The molecule has 0 atom stereocenters. The van der Waals surface area contributed by atoms with Gasteiger partial charge in [-0.25, -0.2) is 26.7 Å². The van der Waals surface area contributed by atoms with Crippen molar-refractivity contribution >= 4 is 18.6 Å². The number of halogens is 5. The number of carbonyl (C=O) groups is 1. The Kier molecular flexibility index (Phi) is 12.9. The van der Waals surface area contributed by atoms with Crippen LogP contribution in [0.4, 0.5) is 22.0 Å². The summed E-state index contributed by atoms with van der Waals surface area (Å²) in [6.07, 6.45) is 10.2. The lowest BCUT2D eigenvalue weighted by Crippen LogP contribution is -2.17. The van der Waals surface area contributed by atoms with Gasteiger partial charge in [0.15, 0.2) is 23.3 Å². The quantitative estimate of drug-likeness (QED) is 0.0904. The van der Waals surface area contributed by atoms with Crippen molar-refractivity contribution in [1.29, 1.82) is 0 Å². The maximum Gasteiger partial charge on any atom is 0.344 e. The van der Waals surface area contributed by atoms with Crippen molar-refractivity contribution in [2.45, 2.75) is 57.8 Å². The van der Waals surface area contributed by atoms with Crippen LogP contribution in [0.3, 0.4) is 0 Å². The normalized spacial score (nSPS) is 11.1. The molecule has 0 bridgehead atoms. The molecule has 0 amide bonds. The van der Waals surface area contributed by atoms with Crippen LogP contribution < -0.4 is 0 Å². The van der Waals surface area contributed by atoms with Gasteiger partial charge in [0.2, 0.25) is 5.82 Å². The smallest absolute Gasteiger partial charge is 0.344 e. The highest BCUT2D eigenvalue weighted by molar-refractivity contribution is 7.80. The Bertz CT molecular complexity index is 614. The van der Waals surface area contributed by atoms with Crippen LogP contribution in [0.2, 0.25) is 0 Å². The molecule has 9 heteroatoms. The average Bonchev–Trinajstić information content (AvgIpc) is 2.71. The van der Waals surface area contributed by atoms with Crippen molar-refractivity contribution in [2.75, 3.05) is 25.6 Å². The standard InChI is InChI=1S/C20H27F5O3S/c21-15-14(16(22)18(24)19(25)17(15)23)20(26)28-12-11-27-10-8-6-4-2-1-3-5-7-9-13-29/h29H,1-13H2. The second kappa shape index (κ2) is 14.6. The molecule has 0 spiro atoms. The molecule has 0 saturated carbocycles. The summed E-state index contributed by atoms with van der Waals surface area (Å²) < 4.78 is 75.8. The zero-order valence-corrected chi connectivity index (χ0v) is 17.1. The molecule has 1 aromatic rings. The van der Waals surface area contributed by atoms with Gasteiger partial charge in [0.25, 0.3) is 0 Å². The van der Waals surface area contributed by atoms with E-state index in [-0.39, 0.29) is 13.2 Å². The van der Waals surface area contributed by atoms with E-state index in [4.69, 9.17) is 4.74 Å². The van der Waals surface area contributed by atoms with Crippen molar-refractivity contribution in [3.05, 3.63) is 34.6 Å². The van der Waals surface area contributed by atoms with Gasteiger partial charge in [-0.15, -0.1) is 0 Å². The molecule has 0 aromatic heterocycles. The summed E-state index contributed by atoms with van der Waals surface area (Å²) in [5, 5.41) is 0. The van der Waals surface area contributed by atoms with Gasteiger partial charge in [0.1, 0.15) is 12.2 Å². The van der Waals surface area contributed by atoms with Crippen molar-refractivity contribution in [3.8, 4) is 0 Å². The van der Waals surface area contributed by atoms with Crippen molar-refractivity contribution in [3.63, 3.8) is 0 Å². The number of thiol groups is 1. The number of carbonyl (C=O) groups excluding carboxylic acids is 1. The van der Waals surface area contributed by atoms with Crippen molar-refractivity contribution in [1.82, 2.24) is 0 Å². The zero-order chi connectivity index (χ0) is 21.6. The third-order valence-electron chi connectivity index (χ3n) is 4.32. The summed E-state index contributed by atoms with van der Waals surface area (Å²) >= 11 is 4.17. The lowest BCUT2D eigenvalue weighted by molar-refractivity contribution is 0.0300. The number of hydrogen-bond donors (Lipinski definition) is 1. The Morgan fingerprint density at radius 3 is 1.59 bits per heavy atom. The van der Waals surface area contributed by atoms with E-state index in [1.807, 2.05) is 0 Å². The lowest BCUT2D eigenvalue weighted by Gasteiger charge is -2.09. The fraction of sp³-hybridized carbons (Fsp3) is 0.650. The molecule has 0 aliphatic rings. The minimum absolute atomic E-state index is 0.0354. The molecule has 0 radical (unpaired) electrons. The predicted octanol–water partition coefficient (Wildman–Crippen LogP) is 6.00. The predicted molar refractivity (Wildman–Crippen MR) is 103 cm³/mol. The van der Waals surface area contributed by atoms with Crippen LogP contribution in [0.15, 0.2) is 0 Å². The maximum atomic E-state index is 13.5. The molecule has 0 heterocycles. The third kappa shape index (κ3) is 8.90. The highest BCUT2D eigenvalue weighted by Gasteiger charge is 2.30. The molecular formula is C20H27F5O3S. The Labute approximate surface area is 173 Å². The van der Waals surface area contributed by atoms with Crippen LogP contribution >= 0.6 is 12.6 Å². The summed E-state index contributed by atoms with van der Waals surface area (Å²) in [5.74, 6) is -11.8. The molecule has 166 valence electrons. The first-order valence-corrected chi connectivity index (χ1v) is 10.4. The zero-order valence-electron chi connectivity index (χ0n) is 16.3. The minimum Gasteiger partial charge on any atom is -0.459 e. The minimum atomic E-state index is -2.33. The first kappa shape index (κ1) is 25.7. The Hall–Kier alpha value is -1.35. The number of rotatable bonds is 15. The van der Waals surface area contributed by atoms with Crippen molar-refractivity contribution < 1.29 is 36.2 Å². The third-order valence-corrected chi connectivity index (χ3v) is 4.64. The van der Waals surface area contributed by atoms with E-state index in [2.05, 4.69) is 17.4 Å². The van der Waals surface area contributed by atoms with Gasteiger partial charge in [-0.05, 0) is 18.6 Å². The van der Waals surface area contributed by atoms with E-state index >= 15 is 0 Å². The van der Waals surface area contributed by atoms with E-state index in [1.165, 1.54) is 32.1 Å². The molecule has 0 fully saturated rings. The molecule has 1 rings (SSSR count). The van der Waals surface area contributed by atoms with Crippen LogP contribution in [0, 0.1) is 29.1 Å². The molecule has 0 aliphatic carbocycles. The van der Waals surface area contributed by atoms with Gasteiger partial charge >= 0.3 is 5.97 Å². The monoisotopic (exact) mass is 442 g/mol. The van der Waals surface area contributed by atoms with Crippen LogP contribution in [-0.2, 0) is 9.47 Å². The highest BCUT2D eigenvalue weighted by Crippen LogP contribution is 2.23. The summed E-state index contributed by atoms with van der Waals surface area (Å²) in [5.41, 5.74) is -1.60. The average molecular weight is 442 g/mol. The lowest BCUT2D eigenvalue weighted by atomic mass is 10.1. The molecule has 0 aliphatic heterocycles. The Morgan fingerprint density at radius 2 is 1.07 bits per heavy atom. The van der Waals surface area contributed by atoms with Gasteiger partial charge in [-0.2, -0.15) is 12.6 Å². The first-order valence-electron chi connectivity index (χ1n) is 9.79. The van der Waals surface area contributed by atoms with Crippen molar-refractivity contribution in [2.24, 2.45) is 0 Å². The fourth-order valence-electron chi connectivity index (χ4n) is 2.71. The fourth-order valence-corrected chi connectivity index (χ4v) is 2.93. The SMILES string of the molecule is O=C(OCCOCCCCCCCCCCCS)c1c(F)c(F)c(F)c(F)c1F. The second-order valence-corrected chi connectivity index (χ2v) is 7.05. The number of unbranched alkanes of at least 4 members (excludes halogenated alkanes) is 8. The highest BCUT2D eigenvalue weighted by atomic mass is 32.1. The maximum absolute atomic E-state index is 13.5. The molecule has 0 unspecified atom stereocenters. The molecule has 0 N–H and O–H groups in total. The number of esters is 1. The summed E-state index contributed by atoms with van der Waals surface area (Å²) in [6, 6.07) is 0. The molecule has 0 saturated heterocycles. The van der Waals surface area contributed by atoms with E-state index in [9.17, 15) is 26.7 Å². The van der Waals surface area contributed by atoms with Gasteiger partial charge in [0.05, 0.1) is 6.61 Å². The number of hydrogen-bond acceptors (Lipinski definition) is 4. The van der Waals surface area contributed by atoms with Crippen LogP contribution in [0.5, 0.6) is 0 Å². The van der Waals surface area contributed by atoms with Crippen LogP contribution in [0.1, 0.15) is 68.1 Å². The van der Waals surface area contributed by atoms with Gasteiger partial charge in [-0.1, -0.05) is 44.9 Å². The molecule has 29 heavy (non-hydrogen) atoms. The second-order valence-electron chi connectivity index (χ2n) is 6.60. The largest absolute Gasteiger partial charge is 0.459 e. The molecule has 3 nitrogen and oxygen atoms in total. The topological polar surface area (TPSA) is 35.5 Å². The van der Waals surface area contributed by atoms with E-state index in [1.54, 1.807) is 0 Å². The Balaban J connectivity index is 2.12. The van der Waals surface area contributed by atoms with Gasteiger partial charge < -0.3 is 9.47 Å². The van der Waals surface area contributed by atoms with Gasteiger partial charge in [-0.3, -0.25) is 0 Å². The molecule has 1 aromatic carbocycles. The summed E-state index contributed by atoms with van der Waals surface area (Å²) in [6.45, 7) is 0.0406. The summed E-state index contributed by atoms with van der Waals surface area (Å²) in [4.78, 5) is 11.6. The van der Waals surface area contributed by atoms with Crippen LogP contribution in [-0.4, -0.2) is 31.5 Å². The van der Waals surface area contributed by atoms with E-state index in [0.717, 1.165) is 31.4 Å². The van der Waals surface area contributed by atoms with Crippen LogP contribution in [0.25, 0.3) is 0 Å². The number of ether oxygens (including phenoxy) is 2. The van der Waals surface area contributed by atoms with E-state index in [0.29, 0.717) is 6.61 Å². The number of benzene rings is 1. The van der Waals surface area contributed by atoms with Gasteiger partial charge in [0, 0.05) is 6.61 Å². The summed E-state index contributed by atoms with van der Waals surface area (Å²) in [7, 11) is 0. The Morgan fingerprint density at radius 1 is 0.621 bits per heavy atom. The molecular weight excluding hydrogens is 415 g/mol. The first-order chi connectivity index (χ1) is 13.9. The van der Waals surface area contributed by atoms with E-state index < -0.39 is 40.6 Å².